The molecule has 6 heteroatoms. The van der Waals surface area contributed by atoms with Crippen LogP contribution in [0.2, 0.25) is 0 Å². The Morgan fingerprint density at radius 2 is 1.73 bits per heavy atom. The van der Waals surface area contributed by atoms with E-state index in [1.165, 1.54) is 11.8 Å². The number of fused-ring (bicyclic) bond motifs is 1. The Kier molecular flexibility index (Phi) is 5.83. The molecule has 2 N–H and O–H groups in total. The number of benzene rings is 2. The largest absolute Gasteiger partial charge is 0.360 e. The van der Waals surface area contributed by atoms with E-state index in [-0.39, 0.29) is 11.8 Å². The van der Waals surface area contributed by atoms with Crippen LogP contribution in [0.3, 0.4) is 0 Å². The Labute approximate surface area is 158 Å². The minimum absolute atomic E-state index is 0.0474. The van der Waals surface area contributed by atoms with Gasteiger partial charge in [-0.05, 0) is 42.8 Å². The molecule has 136 valence electrons. The maximum atomic E-state index is 12.5. The van der Waals surface area contributed by atoms with Crippen LogP contribution in [-0.4, -0.2) is 30.2 Å². The topological polar surface area (TPSA) is 61.4 Å². The van der Waals surface area contributed by atoms with Crippen LogP contribution < -0.4 is 15.5 Å². The second-order valence-corrected chi connectivity index (χ2v) is 7.65. The smallest absolute Gasteiger partial charge is 0.243 e. The molecule has 0 radical (unpaired) electrons. The molecule has 1 heterocycles. The predicted molar refractivity (Wildman–Crippen MR) is 108 cm³/mol. The van der Waals surface area contributed by atoms with Crippen molar-refractivity contribution < 1.29 is 9.59 Å². The fourth-order valence-corrected chi connectivity index (χ4v) is 4.21. The third kappa shape index (κ3) is 4.58. The summed E-state index contributed by atoms with van der Waals surface area (Å²) in [7, 11) is 0. The summed E-state index contributed by atoms with van der Waals surface area (Å²) in [6, 6.07) is 15.4. The maximum Gasteiger partial charge on any atom is 0.243 e. The molecule has 2 aromatic rings. The molecular formula is C20H23N3O2S. The lowest BCUT2D eigenvalue weighted by atomic mass is 10.2. The van der Waals surface area contributed by atoms with Crippen molar-refractivity contribution in [2.24, 2.45) is 0 Å². The highest BCUT2D eigenvalue weighted by atomic mass is 32.2. The molecule has 2 aromatic carbocycles. The van der Waals surface area contributed by atoms with Gasteiger partial charge in [0.1, 0.15) is 0 Å². The van der Waals surface area contributed by atoms with Gasteiger partial charge >= 0.3 is 0 Å². The minimum atomic E-state index is -0.117. The van der Waals surface area contributed by atoms with Gasteiger partial charge < -0.3 is 15.5 Å². The molecule has 1 aliphatic rings. The van der Waals surface area contributed by atoms with Crippen molar-refractivity contribution in [2.75, 3.05) is 28.6 Å². The number of para-hydroxylation sites is 1. The van der Waals surface area contributed by atoms with Crippen molar-refractivity contribution in [3.63, 3.8) is 0 Å². The second-order valence-electron chi connectivity index (χ2n) is 6.30. The third-order valence-electron chi connectivity index (χ3n) is 4.20. The SMILES string of the molecule is CC[C@H]1CN(CC(=O)Nc2ccc(NC(C)=O)cc2)c2ccccc2S1. The fourth-order valence-electron chi connectivity index (χ4n) is 2.96. The zero-order chi connectivity index (χ0) is 18.5. The Bertz CT molecular complexity index is 792. The highest BCUT2D eigenvalue weighted by molar-refractivity contribution is 8.00. The molecule has 0 saturated heterocycles. The van der Waals surface area contributed by atoms with E-state index < -0.39 is 0 Å². The van der Waals surface area contributed by atoms with Gasteiger partial charge in [0.2, 0.25) is 11.8 Å². The highest BCUT2D eigenvalue weighted by Crippen LogP contribution is 2.39. The maximum absolute atomic E-state index is 12.5. The summed E-state index contributed by atoms with van der Waals surface area (Å²) < 4.78 is 0. The van der Waals surface area contributed by atoms with Gasteiger partial charge in [-0.3, -0.25) is 9.59 Å². The molecule has 1 aliphatic heterocycles. The van der Waals surface area contributed by atoms with Crippen LogP contribution in [0, 0.1) is 0 Å². The highest BCUT2D eigenvalue weighted by Gasteiger charge is 2.25. The first-order valence-corrected chi connectivity index (χ1v) is 9.61. The molecule has 5 nitrogen and oxygen atoms in total. The van der Waals surface area contributed by atoms with E-state index in [9.17, 15) is 9.59 Å². The molecule has 0 unspecified atom stereocenters. The van der Waals surface area contributed by atoms with Gasteiger partial charge in [-0.2, -0.15) is 0 Å². The number of anilines is 3. The first-order valence-electron chi connectivity index (χ1n) is 8.73. The van der Waals surface area contributed by atoms with Crippen LogP contribution in [0.4, 0.5) is 17.1 Å². The Balaban J connectivity index is 1.65. The van der Waals surface area contributed by atoms with Gasteiger partial charge in [-0.15, -0.1) is 11.8 Å². The van der Waals surface area contributed by atoms with Gasteiger partial charge in [-0.1, -0.05) is 19.1 Å². The van der Waals surface area contributed by atoms with Crippen molar-refractivity contribution in [1.29, 1.82) is 0 Å². The number of nitrogens with zero attached hydrogens (tertiary/aromatic N) is 1. The van der Waals surface area contributed by atoms with E-state index in [0.29, 0.717) is 17.5 Å². The fraction of sp³-hybridized carbons (Fsp3) is 0.300. The lowest BCUT2D eigenvalue weighted by molar-refractivity contribution is -0.115. The Morgan fingerprint density at radius 1 is 1.08 bits per heavy atom. The first kappa shape index (κ1) is 18.3. The molecule has 0 aromatic heterocycles. The number of thioether (sulfide) groups is 1. The zero-order valence-electron chi connectivity index (χ0n) is 15.0. The first-order chi connectivity index (χ1) is 12.5. The molecule has 2 amide bonds. The summed E-state index contributed by atoms with van der Waals surface area (Å²) in [5.74, 6) is -0.164. The molecular weight excluding hydrogens is 346 g/mol. The molecule has 0 bridgehead atoms. The average Bonchev–Trinajstić information content (AvgIpc) is 2.62. The molecule has 26 heavy (non-hydrogen) atoms. The molecule has 0 spiro atoms. The Hall–Kier alpha value is -2.47. The van der Waals surface area contributed by atoms with Crippen molar-refractivity contribution in [2.45, 2.75) is 30.4 Å². The number of hydrogen-bond acceptors (Lipinski definition) is 4. The second kappa shape index (κ2) is 8.27. The summed E-state index contributed by atoms with van der Waals surface area (Å²) in [6.45, 7) is 4.84. The number of amides is 2. The van der Waals surface area contributed by atoms with Crippen molar-refractivity contribution in [3.05, 3.63) is 48.5 Å². The monoisotopic (exact) mass is 369 g/mol. The van der Waals surface area contributed by atoms with E-state index >= 15 is 0 Å². The van der Waals surface area contributed by atoms with Crippen molar-refractivity contribution in [1.82, 2.24) is 0 Å². The molecule has 0 saturated carbocycles. The van der Waals surface area contributed by atoms with E-state index in [0.717, 1.165) is 24.3 Å². The normalized spacial score (nSPS) is 15.9. The number of rotatable bonds is 5. The molecule has 3 rings (SSSR count). The van der Waals surface area contributed by atoms with Crippen LogP contribution in [0.15, 0.2) is 53.4 Å². The lowest BCUT2D eigenvalue weighted by Gasteiger charge is -2.34. The van der Waals surface area contributed by atoms with E-state index in [4.69, 9.17) is 0 Å². The quantitative estimate of drug-likeness (QED) is 0.837. The summed E-state index contributed by atoms with van der Waals surface area (Å²) >= 11 is 1.89. The van der Waals surface area contributed by atoms with Crippen molar-refractivity contribution in [3.8, 4) is 0 Å². The molecule has 0 aliphatic carbocycles. The summed E-state index contributed by atoms with van der Waals surface area (Å²) in [4.78, 5) is 27.0. The van der Waals surface area contributed by atoms with Crippen LogP contribution >= 0.6 is 11.8 Å². The van der Waals surface area contributed by atoms with Gasteiger partial charge in [0.15, 0.2) is 0 Å². The molecule has 1 atom stereocenters. The summed E-state index contributed by atoms with van der Waals surface area (Å²) in [5, 5.41) is 6.14. The standard InChI is InChI=1S/C20H23N3O2S/c1-3-17-12-23(18-6-4-5-7-19(18)26-17)13-20(25)22-16-10-8-15(9-11-16)21-14(2)24/h4-11,17H,3,12-13H2,1-2H3,(H,21,24)(H,22,25)/t17-/m0/s1. The third-order valence-corrected chi connectivity index (χ3v) is 5.62. The van der Waals surface area contributed by atoms with Crippen LogP contribution in [-0.2, 0) is 9.59 Å². The number of carbonyl (C=O) groups excluding carboxylic acids is 2. The van der Waals surface area contributed by atoms with Crippen LogP contribution in [0.25, 0.3) is 0 Å². The minimum Gasteiger partial charge on any atom is -0.360 e. The Morgan fingerprint density at radius 3 is 2.38 bits per heavy atom. The van der Waals surface area contributed by atoms with Crippen LogP contribution in [0.5, 0.6) is 0 Å². The average molecular weight is 369 g/mol. The van der Waals surface area contributed by atoms with Gasteiger partial charge in [-0.25, -0.2) is 0 Å². The van der Waals surface area contributed by atoms with E-state index in [1.54, 1.807) is 24.3 Å². The summed E-state index contributed by atoms with van der Waals surface area (Å²) in [5.41, 5.74) is 2.55. The lowest BCUT2D eigenvalue weighted by Crippen LogP contribution is -2.40. The van der Waals surface area contributed by atoms with Crippen LogP contribution in [0.1, 0.15) is 20.3 Å². The van der Waals surface area contributed by atoms with Gasteiger partial charge in [0.05, 0.1) is 12.2 Å². The predicted octanol–water partition coefficient (Wildman–Crippen LogP) is 3.97. The number of hydrogen-bond donors (Lipinski definition) is 2. The van der Waals surface area contributed by atoms with Gasteiger partial charge in [0, 0.05) is 35.0 Å². The summed E-state index contributed by atoms with van der Waals surface area (Å²) in [6.07, 6.45) is 1.07. The number of nitrogens with one attached hydrogen (secondary N) is 2. The van der Waals surface area contributed by atoms with Crippen molar-refractivity contribution >= 4 is 40.6 Å². The van der Waals surface area contributed by atoms with Gasteiger partial charge in [0.25, 0.3) is 0 Å². The zero-order valence-corrected chi connectivity index (χ0v) is 15.8. The molecule has 0 fully saturated rings. The van der Waals surface area contributed by atoms with E-state index in [2.05, 4.69) is 34.6 Å². The van der Waals surface area contributed by atoms with E-state index in [1.807, 2.05) is 23.9 Å². The number of carbonyl (C=O) groups is 2.